The van der Waals surface area contributed by atoms with Gasteiger partial charge in [0.1, 0.15) is 0 Å². The fraction of sp³-hybridized carbons (Fsp3) is 0.176. The third-order valence-corrected chi connectivity index (χ3v) is 3.53. The summed E-state index contributed by atoms with van der Waals surface area (Å²) in [7, 11) is 0. The van der Waals surface area contributed by atoms with Crippen molar-refractivity contribution in [2.24, 2.45) is 0 Å². The Hall–Kier alpha value is -2.46. The molecular formula is C17H16N2O2. The van der Waals surface area contributed by atoms with Crippen molar-refractivity contribution in [3.63, 3.8) is 0 Å². The molecule has 21 heavy (non-hydrogen) atoms. The Morgan fingerprint density at radius 2 is 1.95 bits per heavy atom. The number of nitrogens with zero attached hydrogens (tertiary/aromatic N) is 2. The minimum absolute atomic E-state index is 0.126. The number of fused-ring (bicyclic) bond motifs is 1. The molecule has 0 aliphatic rings. The summed E-state index contributed by atoms with van der Waals surface area (Å²) in [5.41, 5.74) is 2.35. The number of aliphatic hydroxyl groups excluding tert-OH is 1. The molecule has 0 spiro atoms. The smallest absolute Gasteiger partial charge is 0.261 e. The van der Waals surface area contributed by atoms with Gasteiger partial charge in [-0.25, -0.2) is 4.98 Å². The van der Waals surface area contributed by atoms with E-state index in [2.05, 4.69) is 4.98 Å². The minimum Gasteiger partial charge on any atom is -0.387 e. The van der Waals surface area contributed by atoms with Crippen LogP contribution in [0, 0.1) is 6.92 Å². The van der Waals surface area contributed by atoms with E-state index in [9.17, 15) is 9.90 Å². The van der Waals surface area contributed by atoms with E-state index >= 15 is 0 Å². The second kappa shape index (κ2) is 5.50. The number of aliphatic hydroxyl groups is 1. The lowest BCUT2D eigenvalue weighted by atomic mass is 10.1. The first kappa shape index (κ1) is 13.5. The number of aryl methyl sites for hydroxylation is 1. The van der Waals surface area contributed by atoms with Gasteiger partial charge in [0, 0.05) is 0 Å². The van der Waals surface area contributed by atoms with Crippen LogP contribution in [0.4, 0.5) is 0 Å². The molecule has 4 nitrogen and oxygen atoms in total. The quantitative estimate of drug-likeness (QED) is 0.801. The highest BCUT2D eigenvalue weighted by molar-refractivity contribution is 5.77. The third kappa shape index (κ3) is 2.71. The van der Waals surface area contributed by atoms with Crippen molar-refractivity contribution in [3.05, 3.63) is 76.3 Å². The normalized spacial score (nSPS) is 12.5. The summed E-state index contributed by atoms with van der Waals surface area (Å²) in [6.07, 6.45) is 0.763. The van der Waals surface area contributed by atoms with Gasteiger partial charge in [0.25, 0.3) is 5.56 Å². The van der Waals surface area contributed by atoms with Crippen LogP contribution < -0.4 is 5.56 Å². The van der Waals surface area contributed by atoms with Gasteiger partial charge in [-0.15, -0.1) is 0 Å². The van der Waals surface area contributed by atoms with E-state index in [1.807, 2.05) is 55.5 Å². The number of benzene rings is 2. The molecule has 2 aromatic carbocycles. The maximum Gasteiger partial charge on any atom is 0.261 e. The lowest BCUT2D eigenvalue weighted by Gasteiger charge is -2.13. The molecule has 0 bridgehead atoms. The molecule has 1 heterocycles. The Bertz CT molecular complexity index is 825. The van der Waals surface area contributed by atoms with Gasteiger partial charge in [0.2, 0.25) is 0 Å². The minimum atomic E-state index is -0.729. The van der Waals surface area contributed by atoms with E-state index in [0.29, 0.717) is 10.9 Å². The summed E-state index contributed by atoms with van der Waals surface area (Å²) < 4.78 is 1.46. The molecule has 1 N–H and O–H groups in total. The van der Waals surface area contributed by atoms with E-state index < -0.39 is 6.10 Å². The predicted octanol–water partition coefficient (Wildman–Crippen LogP) is 2.44. The number of aromatic nitrogens is 2. The maximum absolute atomic E-state index is 12.5. The Balaban J connectivity index is 1.98. The first-order valence-corrected chi connectivity index (χ1v) is 6.84. The molecule has 1 atom stereocenters. The molecule has 3 rings (SSSR count). The molecule has 0 aliphatic carbocycles. The zero-order valence-corrected chi connectivity index (χ0v) is 11.7. The van der Waals surface area contributed by atoms with Crippen LogP contribution in [-0.2, 0) is 6.54 Å². The fourth-order valence-corrected chi connectivity index (χ4v) is 2.37. The largest absolute Gasteiger partial charge is 0.387 e. The molecule has 0 fully saturated rings. The van der Waals surface area contributed by atoms with Crippen LogP contribution in [0.5, 0.6) is 0 Å². The standard InChI is InChI=1S/C17H16N2O2/c1-12-7-8-15-14(9-12)17(21)19(11-18-15)10-16(20)13-5-3-2-4-6-13/h2-9,11,16,20H,10H2,1H3. The molecule has 106 valence electrons. The highest BCUT2D eigenvalue weighted by Gasteiger charge is 2.11. The average molecular weight is 280 g/mol. The van der Waals surface area contributed by atoms with Crippen molar-refractivity contribution in [2.45, 2.75) is 19.6 Å². The highest BCUT2D eigenvalue weighted by Crippen LogP contribution is 2.14. The molecule has 1 unspecified atom stereocenters. The van der Waals surface area contributed by atoms with Gasteiger partial charge in [0.15, 0.2) is 0 Å². The number of rotatable bonds is 3. The number of hydrogen-bond acceptors (Lipinski definition) is 3. The molecule has 4 heteroatoms. The average Bonchev–Trinajstić information content (AvgIpc) is 2.51. The lowest BCUT2D eigenvalue weighted by molar-refractivity contribution is 0.155. The molecule has 0 amide bonds. The summed E-state index contributed by atoms with van der Waals surface area (Å²) in [6, 6.07) is 14.9. The van der Waals surface area contributed by atoms with Crippen molar-refractivity contribution >= 4 is 10.9 Å². The van der Waals surface area contributed by atoms with E-state index in [1.54, 1.807) is 0 Å². The second-order valence-corrected chi connectivity index (χ2v) is 5.15. The van der Waals surface area contributed by atoms with E-state index in [0.717, 1.165) is 11.1 Å². The molecule has 0 saturated carbocycles. The van der Waals surface area contributed by atoms with Gasteiger partial charge in [0.05, 0.1) is 29.9 Å². The summed E-state index contributed by atoms with van der Waals surface area (Å²) in [5, 5.41) is 10.8. The predicted molar refractivity (Wildman–Crippen MR) is 82.1 cm³/mol. The maximum atomic E-state index is 12.5. The van der Waals surface area contributed by atoms with Gasteiger partial charge in [-0.3, -0.25) is 9.36 Å². The number of hydrogen-bond donors (Lipinski definition) is 1. The SMILES string of the molecule is Cc1ccc2ncn(CC(O)c3ccccc3)c(=O)c2c1. The highest BCUT2D eigenvalue weighted by atomic mass is 16.3. The van der Waals surface area contributed by atoms with E-state index in [1.165, 1.54) is 10.9 Å². The Kier molecular flexibility index (Phi) is 3.54. The van der Waals surface area contributed by atoms with Crippen molar-refractivity contribution in [1.82, 2.24) is 9.55 Å². The summed E-state index contributed by atoms with van der Waals surface area (Å²) in [5.74, 6) is 0. The Morgan fingerprint density at radius 1 is 1.19 bits per heavy atom. The Morgan fingerprint density at radius 3 is 2.71 bits per heavy atom. The monoisotopic (exact) mass is 280 g/mol. The summed E-state index contributed by atoms with van der Waals surface area (Å²) >= 11 is 0. The summed E-state index contributed by atoms with van der Waals surface area (Å²) in [6.45, 7) is 2.13. The van der Waals surface area contributed by atoms with Gasteiger partial charge >= 0.3 is 0 Å². The van der Waals surface area contributed by atoms with E-state index in [-0.39, 0.29) is 12.1 Å². The zero-order valence-electron chi connectivity index (χ0n) is 11.7. The molecule has 3 aromatic rings. The molecule has 1 aromatic heterocycles. The topological polar surface area (TPSA) is 55.1 Å². The second-order valence-electron chi connectivity index (χ2n) is 5.15. The summed E-state index contributed by atoms with van der Waals surface area (Å²) in [4.78, 5) is 16.7. The molecule has 0 radical (unpaired) electrons. The van der Waals surface area contributed by atoms with Crippen molar-refractivity contribution in [2.75, 3.05) is 0 Å². The van der Waals surface area contributed by atoms with Crippen molar-refractivity contribution in [3.8, 4) is 0 Å². The van der Waals surface area contributed by atoms with Crippen LogP contribution in [-0.4, -0.2) is 14.7 Å². The van der Waals surface area contributed by atoms with Crippen molar-refractivity contribution < 1.29 is 5.11 Å². The van der Waals surface area contributed by atoms with Gasteiger partial charge < -0.3 is 5.11 Å². The lowest BCUT2D eigenvalue weighted by Crippen LogP contribution is -2.23. The van der Waals surface area contributed by atoms with Gasteiger partial charge in [-0.1, -0.05) is 42.0 Å². The fourth-order valence-electron chi connectivity index (χ4n) is 2.37. The van der Waals surface area contributed by atoms with Crippen LogP contribution in [0.3, 0.4) is 0 Å². The Labute approximate surface area is 122 Å². The first-order valence-electron chi connectivity index (χ1n) is 6.84. The zero-order chi connectivity index (χ0) is 14.8. The van der Waals surface area contributed by atoms with Gasteiger partial charge in [-0.05, 0) is 24.6 Å². The van der Waals surface area contributed by atoms with Crippen molar-refractivity contribution in [1.29, 1.82) is 0 Å². The van der Waals surface area contributed by atoms with E-state index in [4.69, 9.17) is 0 Å². The molecule has 0 aliphatic heterocycles. The van der Waals surface area contributed by atoms with Gasteiger partial charge in [-0.2, -0.15) is 0 Å². The van der Waals surface area contributed by atoms with Crippen LogP contribution in [0.2, 0.25) is 0 Å². The van der Waals surface area contributed by atoms with Crippen LogP contribution >= 0.6 is 0 Å². The molecular weight excluding hydrogens is 264 g/mol. The van der Waals surface area contributed by atoms with Crippen LogP contribution in [0.25, 0.3) is 10.9 Å². The first-order chi connectivity index (χ1) is 10.1. The molecule has 0 saturated heterocycles. The van der Waals surface area contributed by atoms with Crippen LogP contribution in [0.15, 0.2) is 59.7 Å². The van der Waals surface area contributed by atoms with Crippen LogP contribution in [0.1, 0.15) is 17.2 Å². The third-order valence-electron chi connectivity index (χ3n) is 3.53.